The molecule has 1 aromatic carbocycles. The molecular weight excluding hydrogens is 431 g/mol. The third-order valence-electron chi connectivity index (χ3n) is 3.60. The van der Waals surface area contributed by atoms with Crippen molar-refractivity contribution in [1.82, 2.24) is 15.8 Å². The third-order valence-corrected chi connectivity index (χ3v) is 3.60. The normalized spacial score (nSPS) is 12.4. The maximum Gasteiger partial charge on any atom is 0.191 e. The molecule has 25 heavy (non-hydrogen) atoms. The third kappa shape index (κ3) is 7.43. The molecule has 6 nitrogen and oxygen atoms in total. The van der Waals surface area contributed by atoms with E-state index in [1.165, 1.54) is 0 Å². The lowest BCUT2D eigenvalue weighted by molar-refractivity contribution is 0.168. The summed E-state index contributed by atoms with van der Waals surface area (Å²) in [6.45, 7) is 5.87. The molecular formula is C18H27IN4O2. The molecule has 2 rings (SSSR count). The summed E-state index contributed by atoms with van der Waals surface area (Å²) in [6.07, 6.45) is 0.975. The van der Waals surface area contributed by atoms with Crippen molar-refractivity contribution in [3.63, 3.8) is 0 Å². The lowest BCUT2D eigenvalue weighted by Gasteiger charge is -2.14. The largest absolute Gasteiger partial charge is 0.388 e. The zero-order valence-corrected chi connectivity index (χ0v) is 17.1. The Morgan fingerprint density at radius 1 is 1.24 bits per heavy atom. The van der Waals surface area contributed by atoms with Crippen LogP contribution in [-0.2, 0) is 13.0 Å². The average molecular weight is 458 g/mol. The number of hydrogen-bond donors (Lipinski definition) is 3. The molecule has 0 spiro atoms. The molecule has 0 bridgehead atoms. The van der Waals surface area contributed by atoms with Crippen LogP contribution in [0.1, 0.15) is 43.4 Å². The molecule has 1 unspecified atom stereocenters. The van der Waals surface area contributed by atoms with Crippen molar-refractivity contribution in [3.05, 3.63) is 53.4 Å². The Bertz CT molecular complexity index is 631. The maximum absolute atomic E-state index is 10.2. The molecule has 1 atom stereocenters. The summed E-state index contributed by atoms with van der Waals surface area (Å²) < 4.78 is 5.23. The van der Waals surface area contributed by atoms with Gasteiger partial charge in [-0.2, -0.15) is 0 Å². The maximum atomic E-state index is 10.2. The van der Waals surface area contributed by atoms with E-state index < -0.39 is 6.10 Å². The van der Waals surface area contributed by atoms with E-state index in [2.05, 4.69) is 20.8 Å². The summed E-state index contributed by atoms with van der Waals surface area (Å²) >= 11 is 0. The SMILES string of the molecule is CCNC(=NCc1cc(CC)no1)NCCC(O)c1ccccc1.I. The molecule has 3 N–H and O–H groups in total. The molecule has 0 aliphatic rings. The van der Waals surface area contributed by atoms with Gasteiger partial charge in [0.25, 0.3) is 0 Å². The number of hydrogen-bond acceptors (Lipinski definition) is 4. The number of guanidine groups is 1. The Labute approximate surface area is 166 Å². The molecule has 0 radical (unpaired) electrons. The fourth-order valence-corrected chi connectivity index (χ4v) is 2.26. The standard InChI is InChI=1S/C18H26N4O2.HI/c1-3-15-12-16(24-22-15)13-21-18(19-4-2)20-11-10-17(23)14-8-6-5-7-9-14;/h5-9,12,17,23H,3-4,10-11,13H2,1-2H3,(H2,19,20,21);1H. The summed E-state index contributed by atoms with van der Waals surface area (Å²) in [7, 11) is 0. The second-order valence-electron chi connectivity index (χ2n) is 5.48. The van der Waals surface area contributed by atoms with E-state index in [4.69, 9.17) is 4.52 Å². The Morgan fingerprint density at radius 2 is 2.00 bits per heavy atom. The van der Waals surface area contributed by atoms with Crippen LogP contribution in [-0.4, -0.2) is 29.3 Å². The lowest BCUT2D eigenvalue weighted by Crippen LogP contribution is -2.38. The number of halogens is 1. The highest BCUT2D eigenvalue weighted by atomic mass is 127. The summed E-state index contributed by atoms with van der Waals surface area (Å²) in [4.78, 5) is 4.48. The van der Waals surface area contributed by atoms with Gasteiger partial charge in [0, 0.05) is 19.2 Å². The number of rotatable bonds is 8. The summed E-state index contributed by atoms with van der Waals surface area (Å²) in [5.41, 5.74) is 1.86. The number of nitrogens with one attached hydrogen (secondary N) is 2. The minimum Gasteiger partial charge on any atom is -0.388 e. The van der Waals surface area contributed by atoms with Crippen LogP contribution in [0.3, 0.4) is 0 Å². The molecule has 0 amide bonds. The van der Waals surface area contributed by atoms with Crippen LogP contribution in [0.4, 0.5) is 0 Å². The first-order valence-electron chi connectivity index (χ1n) is 8.42. The van der Waals surface area contributed by atoms with E-state index in [9.17, 15) is 5.11 Å². The van der Waals surface area contributed by atoms with Gasteiger partial charge in [-0.05, 0) is 25.3 Å². The first-order valence-corrected chi connectivity index (χ1v) is 8.42. The van der Waals surface area contributed by atoms with Crippen molar-refractivity contribution in [2.24, 2.45) is 4.99 Å². The molecule has 0 saturated heterocycles. The Morgan fingerprint density at radius 3 is 2.64 bits per heavy atom. The zero-order valence-electron chi connectivity index (χ0n) is 14.7. The Hall–Kier alpha value is -1.61. The number of aliphatic imine (C=N–C) groups is 1. The predicted octanol–water partition coefficient (Wildman–Crippen LogP) is 3.03. The van der Waals surface area contributed by atoms with Crippen LogP contribution in [0.2, 0.25) is 0 Å². The summed E-state index contributed by atoms with van der Waals surface area (Å²) in [5.74, 6) is 1.44. The van der Waals surface area contributed by atoms with Gasteiger partial charge in [0.2, 0.25) is 0 Å². The van der Waals surface area contributed by atoms with E-state index in [-0.39, 0.29) is 24.0 Å². The van der Waals surface area contributed by atoms with E-state index in [1.54, 1.807) is 0 Å². The van der Waals surface area contributed by atoms with Crippen LogP contribution >= 0.6 is 24.0 Å². The van der Waals surface area contributed by atoms with E-state index in [1.807, 2.05) is 50.2 Å². The van der Waals surface area contributed by atoms with Gasteiger partial charge in [-0.1, -0.05) is 42.4 Å². The molecule has 1 heterocycles. The van der Waals surface area contributed by atoms with Gasteiger partial charge in [-0.3, -0.25) is 0 Å². The van der Waals surface area contributed by atoms with Crippen LogP contribution < -0.4 is 10.6 Å². The van der Waals surface area contributed by atoms with Crippen molar-refractivity contribution >= 4 is 29.9 Å². The van der Waals surface area contributed by atoms with E-state index >= 15 is 0 Å². The second-order valence-corrected chi connectivity index (χ2v) is 5.48. The fraction of sp³-hybridized carbons (Fsp3) is 0.444. The molecule has 1 aromatic heterocycles. The van der Waals surface area contributed by atoms with Gasteiger partial charge >= 0.3 is 0 Å². The molecule has 0 aliphatic heterocycles. The minimum absolute atomic E-state index is 0. The molecule has 138 valence electrons. The highest BCUT2D eigenvalue weighted by Crippen LogP contribution is 2.14. The van der Waals surface area contributed by atoms with Gasteiger partial charge in [-0.25, -0.2) is 4.99 Å². The van der Waals surface area contributed by atoms with Gasteiger partial charge < -0.3 is 20.3 Å². The van der Waals surface area contributed by atoms with Crippen molar-refractivity contribution < 1.29 is 9.63 Å². The van der Waals surface area contributed by atoms with Crippen LogP contribution in [0.25, 0.3) is 0 Å². The molecule has 7 heteroatoms. The molecule has 0 saturated carbocycles. The first-order chi connectivity index (χ1) is 11.7. The fourth-order valence-electron chi connectivity index (χ4n) is 2.26. The summed E-state index contributed by atoms with van der Waals surface area (Å²) in [6, 6.07) is 11.6. The van der Waals surface area contributed by atoms with Crippen molar-refractivity contribution in [2.45, 2.75) is 39.3 Å². The number of aliphatic hydroxyl groups excluding tert-OH is 1. The number of aromatic nitrogens is 1. The quantitative estimate of drug-likeness (QED) is 0.322. The van der Waals surface area contributed by atoms with Crippen molar-refractivity contribution in [3.8, 4) is 0 Å². The number of benzene rings is 1. The number of aliphatic hydroxyl groups is 1. The monoisotopic (exact) mass is 458 g/mol. The highest BCUT2D eigenvalue weighted by Gasteiger charge is 2.07. The minimum atomic E-state index is -0.483. The van der Waals surface area contributed by atoms with Gasteiger partial charge in [0.15, 0.2) is 11.7 Å². The van der Waals surface area contributed by atoms with E-state index in [0.29, 0.717) is 25.5 Å². The van der Waals surface area contributed by atoms with Crippen LogP contribution in [0, 0.1) is 0 Å². The summed E-state index contributed by atoms with van der Waals surface area (Å²) in [5, 5.41) is 20.5. The van der Waals surface area contributed by atoms with Gasteiger partial charge in [0.1, 0.15) is 6.54 Å². The zero-order chi connectivity index (χ0) is 17.2. The molecule has 0 aliphatic carbocycles. The predicted molar refractivity (Wildman–Crippen MR) is 110 cm³/mol. The average Bonchev–Trinajstić information content (AvgIpc) is 3.08. The molecule has 2 aromatic rings. The number of aryl methyl sites for hydroxylation is 1. The number of nitrogens with zero attached hydrogens (tertiary/aromatic N) is 2. The highest BCUT2D eigenvalue weighted by molar-refractivity contribution is 14.0. The smallest absolute Gasteiger partial charge is 0.191 e. The first kappa shape index (κ1) is 21.4. The van der Waals surface area contributed by atoms with E-state index in [0.717, 1.165) is 30.0 Å². The Kier molecular flexibility index (Phi) is 10.2. The lowest BCUT2D eigenvalue weighted by atomic mass is 10.1. The van der Waals surface area contributed by atoms with Crippen LogP contribution in [0.15, 0.2) is 45.9 Å². The van der Waals surface area contributed by atoms with Crippen molar-refractivity contribution in [2.75, 3.05) is 13.1 Å². The second kappa shape index (κ2) is 11.9. The Balaban J connectivity index is 0.00000312. The van der Waals surface area contributed by atoms with Crippen molar-refractivity contribution in [1.29, 1.82) is 0 Å². The van der Waals surface area contributed by atoms with Crippen LogP contribution in [0.5, 0.6) is 0 Å². The van der Waals surface area contributed by atoms with Gasteiger partial charge in [0.05, 0.1) is 11.8 Å². The molecule has 0 fully saturated rings. The topological polar surface area (TPSA) is 82.7 Å². The van der Waals surface area contributed by atoms with Gasteiger partial charge in [-0.15, -0.1) is 24.0 Å².